The molecule has 0 radical (unpaired) electrons. The van der Waals surface area contributed by atoms with Crippen molar-refractivity contribution < 1.29 is 9.21 Å². The number of nitrogens with zero attached hydrogens (tertiary/aromatic N) is 2. The van der Waals surface area contributed by atoms with E-state index in [-0.39, 0.29) is 5.57 Å². The molecule has 0 bridgehead atoms. The molecular weight excluding hydrogens is 513 g/mol. The second-order valence-electron chi connectivity index (χ2n) is 7.87. The Balaban J connectivity index is 1.31. The Hall–Kier alpha value is -3.89. The Morgan fingerprint density at radius 3 is 2.72 bits per heavy atom. The van der Waals surface area contributed by atoms with Gasteiger partial charge in [0.15, 0.2) is 5.13 Å². The van der Waals surface area contributed by atoms with Crippen LogP contribution >= 0.6 is 34.5 Å². The van der Waals surface area contributed by atoms with Gasteiger partial charge in [-0.3, -0.25) is 10.1 Å². The first-order valence-corrected chi connectivity index (χ1v) is 12.5. The van der Waals surface area contributed by atoms with Crippen LogP contribution < -0.4 is 5.32 Å². The first-order chi connectivity index (χ1) is 17.5. The van der Waals surface area contributed by atoms with E-state index in [0.717, 1.165) is 4.88 Å². The molecule has 3 aromatic carbocycles. The lowest BCUT2D eigenvalue weighted by Gasteiger charge is -2.04. The van der Waals surface area contributed by atoms with Crippen LogP contribution in [0.3, 0.4) is 0 Å². The largest absolute Gasteiger partial charge is 0.457 e. The molecule has 5 nitrogen and oxygen atoms in total. The van der Waals surface area contributed by atoms with Crippen molar-refractivity contribution in [3.63, 3.8) is 0 Å². The Morgan fingerprint density at radius 1 is 1.06 bits per heavy atom. The van der Waals surface area contributed by atoms with E-state index in [2.05, 4.69) is 34.6 Å². The zero-order chi connectivity index (χ0) is 25.1. The van der Waals surface area contributed by atoms with Gasteiger partial charge in [0, 0.05) is 29.1 Å². The van der Waals surface area contributed by atoms with E-state index in [0.29, 0.717) is 38.7 Å². The van der Waals surface area contributed by atoms with Crippen molar-refractivity contribution in [1.82, 2.24) is 4.98 Å². The van der Waals surface area contributed by atoms with Crippen molar-refractivity contribution in [3.05, 3.63) is 111 Å². The standard InChI is InChI=1S/C28H17Cl2N3O2S/c29-24-10-4-9-23(26(24)30)25-12-11-20(35-25)13-19(15-31)27(34)33-28-32-16-21(36-28)14-18-7-3-6-17-5-1-2-8-22(17)18/h1-13,16H,14H2,(H,32,33,34). The molecule has 1 N–H and O–H groups in total. The van der Waals surface area contributed by atoms with E-state index in [1.807, 2.05) is 24.3 Å². The second-order valence-corrected chi connectivity index (χ2v) is 9.77. The summed E-state index contributed by atoms with van der Waals surface area (Å²) in [6.45, 7) is 0. The van der Waals surface area contributed by atoms with Crippen molar-refractivity contribution in [2.24, 2.45) is 0 Å². The Kier molecular flexibility index (Phi) is 6.88. The molecular formula is C28H17Cl2N3O2S. The van der Waals surface area contributed by atoms with Crippen molar-refractivity contribution in [3.8, 4) is 17.4 Å². The van der Waals surface area contributed by atoms with Crippen LogP contribution in [-0.2, 0) is 11.2 Å². The van der Waals surface area contributed by atoms with Crippen LogP contribution in [-0.4, -0.2) is 10.9 Å². The number of halogens is 2. The summed E-state index contributed by atoms with van der Waals surface area (Å²) in [7, 11) is 0. The lowest BCUT2D eigenvalue weighted by atomic mass is 10.0. The smallest absolute Gasteiger partial charge is 0.268 e. The molecule has 1 amide bonds. The van der Waals surface area contributed by atoms with Crippen LogP contribution in [0.5, 0.6) is 0 Å². The summed E-state index contributed by atoms with van der Waals surface area (Å²) in [6, 6.07) is 24.9. The van der Waals surface area contributed by atoms with Crippen LogP contribution in [0.25, 0.3) is 28.2 Å². The molecule has 5 rings (SSSR count). The minimum absolute atomic E-state index is 0.112. The van der Waals surface area contributed by atoms with Gasteiger partial charge in [-0.15, -0.1) is 11.3 Å². The maximum Gasteiger partial charge on any atom is 0.268 e. The number of carbonyl (C=O) groups excluding carboxylic acids is 1. The molecule has 0 atom stereocenters. The molecule has 8 heteroatoms. The Bertz CT molecular complexity index is 1660. The van der Waals surface area contributed by atoms with Gasteiger partial charge in [-0.25, -0.2) is 4.98 Å². The molecule has 0 aliphatic rings. The van der Waals surface area contributed by atoms with Crippen LogP contribution in [0.4, 0.5) is 5.13 Å². The first kappa shape index (κ1) is 23.8. The maximum atomic E-state index is 12.8. The number of amides is 1. The summed E-state index contributed by atoms with van der Waals surface area (Å²) in [5, 5.41) is 15.8. The zero-order valence-corrected chi connectivity index (χ0v) is 21.0. The highest BCUT2D eigenvalue weighted by atomic mass is 35.5. The molecule has 0 fully saturated rings. The number of hydrogen-bond acceptors (Lipinski definition) is 5. The van der Waals surface area contributed by atoms with Gasteiger partial charge < -0.3 is 4.42 Å². The molecule has 0 spiro atoms. The first-order valence-electron chi connectivity index (χ1n) is 10.9. The topological polar surface area (TPSA) is 78.9 Å². The fourth-order valence-electron chi connectivity index (χ4n) is 3.81. The minimum atomic E-state index is -0.567. The second kappa shape index (κ2) is 10.4. The van der Waals surface area contributed by atoms with Crippen LogP contribution in [0.15, 0.2) is 89.0 Å². The minimum Gasteiger partial charge on any atom is -0.457 e. The predicted octanol–water partition coefficient (Wildman–Crippen LogP) is 8.00. The number of carbonyl (C=O) groups is 1. The number of aromatic nitrogens is 1. The van der Waals surface area contributed by atoms with E-state index >= 15 is 0 Å². The fourth-order valence-corrected chi connectivity index (χ4v) is 5.03. The number of nitrogens with one attached hydrogen (secondary N) is 1. The number of furan rings is 1. The number of rotatable bonds is 6. The average Bonchev–Trinajstić information content (AvgIpc) is 3.54. The summed E-state index contributed by atoms with van der Waals surface area (Å²) in [4.78, 5) is 18.1. The molecule has 0 aliphatic carbocycles. The molecule has 2 heterocycles. The lowest BCUT2D eigenvalue weighted by molar-refractivity contribution is -0.112. The van der Waals surface area contributed by atoms with E-state index in [4.69, 9.17) is 27.6 Å². The van der Waals surface area contributed by atoms with Gasteiger partial charge in [-0.05, 0) is 40.6 Å². The van der Waals surface area contributed by atoms with Gasteiger partial charge in [0.2, 0.25) is 0 Å². The summed E-state index contributed by atoms with van der Waals surface area (Å²) in [6.07, 6.45) is 3.81. The molecule has 176 valence electrons. The number of thiazole rings is 1. The van der Waals surface area contributed by atoms with Crippen LogP contribution in [0.2, 0.25) is 10.0 Å². The van der Waals surface area contributed by atoms with Gasteiger partial charge in [0.1, 0.15) is 23.2 Å². The number of benzene rings is 3. The number of fused-ring (bicyclic) bond motifs is 1. The van der Waals surface area contributed by atoms with Crippen molar-refractivity contribution in [2.45, 2.75) is 6.42 Å². The van der Waals surface area contributed by atoms with Gasteiger partial charge in [0.25, 0.3) is 5.91 Å². The predicted molar refractivity (Wildman–Crippen MR) is 145 cm³/mol. The van der Waals surface area contributed by atoms with Gasteiger partial charge in [-0.1, -0.05) is 71.7 Å². The van der Waals surface area contributed by atoms with Gasteiger partial charge in [-0.2, -0.15) is 5.26 Å². The highest BCUT2D eigenvalue weighted by Crippen LogP contribution is 2.34. The summed E-state index contributed by atoms with van der Waals surface area (Å²) in [5.74, 6) is 0.246. The molecule has 2 aromatic heterocycles. The van der Waals surface area contributed by atoms with E-state index in [1.54, 1.807) is 36.5 Å². The molecule has 0 saturated carbocycles. The summed E-state index contributed by atoms with van der Waals surface area (Å²) < 4.78 is 5.78. The summed E-state index contributed by atoms with van der Waals surface area (Å²) >= 11 is 13.7. The third kappa shape index (κ3) is 5.05. The highest BCUT2D eigenvalue weighted by Gasteiger charge is 2.15. The SMILES string of the molecule is N#CC(=Cc1ccc(-c2cccc(Cl)c2Cl)o1)C(=O)Nc1ncc(Cc2cccc3ccccc23)s1. The zero-order valence-electron chi connectivity index (χ0n) is 18.7. The number of hydrogen-bond donors (Lipinski definition) is 1. The molecule has 36 heavy (non-hydrogen) atoms. The lowest BCUT2D eigenvalue weighted by Crippen LogP contribution is -2.13. The number of anilines is 1. The van der Waals surface area contributed by atoms with Crippen LogP contribution in [0, 0.1) is 11.3 Å². The quantitative estimate of drug-likeness (QED) is 0.178. The third-order valence-electron chi connectivity index (χ3n) is 5.51. The summed E-state index contributed by atoms with van der Waals surface area (Å²) in [5.41, 5.74) is 1.69. The van der Waals surface area contributed by atoms with E-state index < -0.39 is 5.91 Å². The Labute approximate surface area is 221 Å². The van der Waals surface area contributed by atoms with Gasteiger partial charge >= 0.3 is 0 Å². The fraction of sp³-hybridized carbons (Fsp3) is 0.0357. The van der Waals surface area contributed by atoms with Gasteiger partial charge in [0.05, 0.1) is 10.0 Å². The molecule has 5 aromatic rings. The molecule has 0 saturated heterocycles. The van der Waals surface area contributed by atoms with E-state index in [1.165, 1.54) is 33.7 Å². The molecule has 0 unspecified atom stereocenters. The Morgan fingerprint density at radius 2 is 1.86 bits per heavy atom. The number of nitriles is 1. The van der Waals surface area contributed by atoms with E-state index in [9.17, 15) is 10.1 Å². The van der Waals surface area contributed by atoms with Crippen molar-refractivity contribution in [1.29, 1.82) is 5.26 Å². The highest BCUT2D eigenvalue weighted by molar-refractivity contribution is 7.15. The normalized spacial score (nSPS) is 11.4. The van der Waals surface area contributed by atoms with Crippen molar-refractivity contribution >= 4 is 62.4 Å². The average molecular weight is 530 g/mol. The van der Waals surface area contributed by atoms with Crippen LogP contribution in [0.1, 0.15) is 16.2 Å². The monoisotopic (exact) mass is 529 g/mol. The van der Waals surface area contributed by atoms with Crippen molar-refractivity contribution in [2.75, 3.05) is 5.32 Å². The third-order valence-corrected chi connectivity index (χ3v) is 7.25. The maximum absolute atomic E-state index is 12.8. The molecule has 0 aliphatic heterocycles.